The lowest BCUT2D eigenvalue weighted by molar-refractivity contribution is -0.138. The van der Waals surface area contributed by atoms with Crippen LogP contribution in [0.4, 0.5) is 32.0 Å². The van der Waals surface area contributed by atoms with Crippen molar-refractivity contribution in [1.82, 2.24) is 15.2 Å². The average molecular weight is 550 g/mol. The summed E-state index contributed by atoms with van der Waals surface area (Å²) in [5, 5.41) is 13.3. The van der Waals surface area contributed by atoms with E-state index in [0.717, 1.165) is 31.2 Å². The zero-order valence-corrected chi connectivity index (χ0v) is 20.6. The Kier molecular flexibility index (Phi) is 7.34. The number of aliphatic imine (C=N–C) groups is 2. The van der Waals surface area contributed by atoms with Crippen LogP contribution in [0.1, 0.15) is 36.1 Å². The van der Waals surface area contributed by atoms with E-state index in [1.807, 2.05) is 4.90 Å². The van der Waals surface area contributed by atoms with Gasteiger partial charge in [-0.3, -0.25) is 9.88 Å². The molecule has 2 aromatic rings. The van der Waals surface area contributed by atoms with Gasteiger partial charge in [0.1, 0.15) is 11.7 Å². The fraction of sp³-hybridized carbons (Fsp3) is 0.370. The number of fused-ring (bicyclic) bond motifs is 1. The van der Waals surface area contributed by atoms with E-state index in [-0.39, 0.29) is 17.8 Å². The molecule has 1 aromatic carbocycles. The molecule has 2 unspecified atom stereocenters. The van der Waals surface area contributed by atoms with Gasteiger partial charge in [0.25, 0.3) is 0 Å². The number of amidine groups is 2. The summed E-state index contributed by atoms with van der Waals surface area (Å²) < 4.78 is 80.0. The van der Waals surface area contributed by atoms with Crippen LogP contribution >= 0.6 is 0 Å². The Morgan fingerprint density at radius 2 is 1.82 bits per heavy atom. The van der Waals surface area contributed by atoms with Gasteiger partial charge in [0.05, 0.1) is 41.1 Å². The fourth-order valence-electron chi connectivity index (χ4n) is 4.93. The molecule has 0 amide bonds. The highest BCUT2D eigenvalue weighted by molar-refractivity contribution is 6.05. The molecule has 12 heteroatoms. The van der Waals surface area contributed by atoms with Crippen LogP contribution < -0.4 is 5.32 Å². The van der Waals surface area contributed by atoms with E-state index in [1.165, 1.54) is 24.4 Å². The standard InChI is InChI=1S/C27H25F6N5O/c28-26(29,30)17-6-8-18(9-7-17)35-25-20-10-5-16(24-21(27(31,32)33)4-1-11-34-24)13-22(20)36-23(37-25)15-38-12-2-3-19(39)14-38/h1,4-9,11,13,19-20,39H,2-3,10,12,14-15H2,(H,35,36,37). The number of alkyl halides is 6. The van der Waals surface area contributed by atoms with E-state index < -0.39 is 35.5 Å². The first kappa shape index (κ1) is 27.1. The van der Waals surface area contributed by atoms with Crippen molar-refractivity contribution in [3.05, 3.63) is 77.3 Å². The first-order valence-electron chi connectivity index (χ1n) is 12.4. The van der Waals surface area contributed by atoms with Crippen LogP contribution in [0, 0.1) is 5.92 Å². The molecule has 0 saturated carbocycles. The number of nitrogens with zero attached hydrogens (tertiary/aromatic N) is 4. The highest BCUT2D eigenvalue weighted by Crippen LogP contribution is 2.38. The van der Waals surface area contributed by atoms with Crippen molar-refractivity contribution in [2.24, 2.45) is 15.9 Å². The van der Waals surface area contributed by atoms with Crippen LogP contribution in [0.2, 0.25) is 0 Å². The molecule has 0 spiro atoms. The summed E-state index contributed by atoms with van der Waals surface area (Å²) in [4.78, 5) is 15.2. The summed E-state index contributed by atoms with van der Waals surface area (Å²) in [6.45, 7) is 1.52. The lowest BCUT2D eigenvalue weighted by atomic mass is 9.88. The maximum Gasteiger partial charge on any atom is 0.418 e. The van der Waals surface area contributed by atoms with Gasteiger partial charge in [-0.25, -0.2) is 9.98 Å². The van der Waals surface area contributed by atoms with Crippen molar-refractivity contribution in [2.75, 3.05) is 19.6 Å². The summed E-state index contributed by atoms with van der Waals surface area (Å²) in [5.74, 6) is 0.375. The number of nitrogens with one attached hydrogen (secondary N) is 1. The number of pyridine rings is 1. The minimum atomic E-state index is -4.59. The molecule has 6 nitrogen and oxygen atoms in total. The van der Waals surface area contributed by atoms with Gasteiger partial charge in [-0.1, -0.05) is 6.08 Å². The third-order valence-electron chi connectivity index (χ3n) is 6.79. The van der Waals surface area contributed by atoms with Gasteiger partial charge >= 0.3 is 12.4 Å². The molecular formula is C27H25F6N5O. The first-order valence-corrected chi connectivity index (χ1v) is 12.4. The van der Waals surface area contributed by atoms with Crippen molar-refractivity contribution in [3.8, 4) is 0 Å². The van der Waals surface area contributed by atoms with Gasteiger partial charge in [-0.15, -0.1) is 0 Å². The van der Waals surface area contributed by atoms with E-state index in [1.54, 1.807) is 12.2 Å². The van der Waals surface area contributed by atoms with E-state index in [0.29, 0.717) is 42.5 Å². The van der Waals surface area contributed by atoms with E-state index in [2.05, 4.69) is 20.3 Å². The number of aliphatic hydroxyl groups excluding tert-OH is 1. The summed E-state index contributed by atoms with van der Waals surface area (Å²) in [6, 6.07) is 6.60. The maximum absolute atomic E-state index is 13.7. The Morgan fingerprint density at radius 3 is 2.51 bits per heavy atom. The van der Waals surface area contributed by atoms with E-state index in [9.17, 15) is 31.4 Å². The van der Waals surface area contributed by atoms with Gasteiger partial charge < -0.3 is 10.4 Å². The summed E-state index contributed by atoms with van der Waals surface area (Å²) in [7, 11) is 0. The van der Waals surface area contributed by atoms with Crippen molar-refractivity contribution >= 4 is 22.9 Å². The molecule has 5 rings (SSSR count). The SMILES string of the molecule is OC1CCCN(CC2=NC(=Nc3ccc(C(F)(F)F)cc3)C3CC=C(c4ncccc4C(F)(F)F)C=C3N2)C1. The highest BCUT2D eigenvalue weighted by Gasteiger charge is 2.36. The lowest BCUT2D eigenvalue weighted by Gasteiger charge is -2.34. The second-order valence-corrected chi connectivity index (χ2v) is 9.67. The topological polar surface area (TPSA) is 73.1 Å². The zero-order chi connectivity index (χ0) is 27.8. The van der Waals surface area contributed by atoms with Crippen molar-refractivity contribution in [3.63, 3.8) is 0 Å². The number of rotatable bonds is 4. The Labute approximate surface area is 220 Å². The molecule has 0 bridgehead atoms. The van der Waals surface area contributed by atoms with E-state index in [4.69, 9.17) is 0 Å². The maximum atomic E-state index is 13.7. The molecule has 2 aliphatic heterocycles. The van der Waals surface area contributed by atoms with Crippen molar-refractivity contribution < 1.29 is 31.4 Å². The smallest absolute Gasteiger partial charge is 0.392 e. The molecular weight excluding hydrogens is 524 g/mol. The molecule has 2 N–H and O–H groups in total. The third kappa shape index (κ3) is 6.22. The highest BCUT2D eigenvalue weighted by atomic mass is 19.4. The molecule has 1 aliphatic carbocycles. The monoisotopic (exact) mass is 549 g/mol. The van der Waals surface area contributed by atoms with Crippen LogP contribution in [-0.4, -0.2) is 52.4 Å². The molecule has 39 heavy (non-hydrogen) atoms. The molecule has 206 valence electrons. The number of β-amino-alcohol motifs (C(OH)–C–C–N with tert-alkyl or cyclic N) is 1. The Hall–Kier alpha value is -3.51. The Balaban J connectivity index is 1.49. The number of benzene rings is 1. The fourth-order valence-corrected chi connectivity index (χ4v) is 4.93. The number of likely N-dealkylation sites (tertiary alicyclic amines) is 1. The minimum absolute atomic E-state index is 0.192. The minimum Gasteiger partial charge on any atom is -0.392 e. The second kappa shape index (κ2) is 10.6. The Morgan fingerprint density at radius 1 is 1.05 bits per heavy atom. The quantitative estimate of drug-likeness (QED) is 0.488. The Bertz CT molecular complexity index is 1340. The normalized spacial score (nSPS) is 23.5. The molecule has 3 heterocycles. The molecule has 2 atom stereocenters. The largest absolute Gasteiger partial charge is 0.418 e. The molecule has 1 aromatic heterocycles. The van der Waals surface area contributed by atoms with Gasteiger partial charge in [-0.05, 0) is 73.9 Å². The van der Waals surface area contributed by atoms with Gasteiger partial charge in [0, 0.05) is 18.4 Å². The number of aliphatic hydroxyl groups is 1. The van der Waals surface area contributed by atoms with Crippen LogP contribution in [0.25, 0.3) is 5.57 Å². The van der Waals surface area contributed by atoms with Crippen LogP contribution in [0.3, 0.4) is 0 Å². The van der Waals surface area contributed by atoms with Crippen molar-refractivity contribution in [1.29, 1.82) is 0 Å². The number of aromatic nitrogens is 1. The molecule has 1 fully saturated rings. The van der Waals surface area contributed by atoms with E-state index >= 15 is 0 Å². The van der Waals surface area contributed by atoms with Crippen LogP contribution in [-0.2, 0) is 12.4 Å². The average Bonchev–Trinajstić information content (AvgIpc) is 2.88. The summed E-state index contributed by atoms with van der Waals surface area (Å²) in [6.07, 6.45) is -3.24. The van der Waals surface area contributed by atoms with Crippen LogP contribution in [0.15, 0.2) is 70.4 Å². The number of hydrogen-bond acceptors (Lipinski definition) is 5. The number of hydrogen-bond donors (Lipinski definition) is 2. The van der Waals surface area contributed by atoms with Crippen LogP contribution in [0.5, 0.6) is 0 Å². The first-order chi connectivity index (χ1) is 18.5. The van der Waals surface area contributed by atoms with Crippen molar-refractivity contribution in [2.45, 2.75) is 37.7 Å². The second-order valence-electron chi connectivity index (χ2n) is 9.67. The molecule has 3 aliphatic rings. The summed E-state index contributed by atoms with van der Waals surface area (Å²) in [5.41, 5.74) is -0.704. The van der Waals surface area contributed by atoms with Gasteiger partial charge in [0.2, 0.25) is 0 Å². The summed E-state index contributed by atoms with van der Waals surface area (Å²) >= 11 is 0. The predicted octanol–water partition coefficient (Wildman–Crippen LogP) is 5.60. The van der Waals surface area contributed by atoms with Gasteiger partial charge in [-0.2, -0.15) is 26.3 Å². The molecule has 0 radical (unpaired) electrons. The number of halogens is 6. The zero-order valence-electron chi connectivity index (χ0n) is 20.6. The lowest BCUT2D eigenvalue weighted by Crippen LogP contribution is -2.47. The van der Waals surface area contributed by atoms with Gasteiger partial charge in [0.15, 0.2) is 0 Å². The molecule has 1 saturated heterocycles. The number of allylic oxidation sites excluding steroid dienone is 3. The number of piperidine rings is 1. The third-order valence-corrected chi connectivity index (χ3v) is 6.79. The predicted molar refractivity (Wildman–Crippen MR) is 134 cm³/mol.